The molecule has 2 amide bonds. The molecule has 138 valence electrons. The number of nitrogens with one attached hydrogen (secondary N) is 2. The Morgan fingerprint density at radius 1 is 1.20 bits per heavy atom. The molecular formula is C19H30N3O3+. The zero-order valence-corrected chi connectivity index (χ0v) is 15.5. The molecule has 0 unspecified atom stereocenters. The molecule has 3 N–H and O–H groups in total. The van der Waals surface area contributed by atoms with Crippen LogP contribution >= 0.6 is 0 Å². The fraction of sp³-hybridized carbons (Fsp3) is 0.579. The quantitative estimate of drug-likeness (QED) is 0.659. The first-order chi connectivity index (χ1) is 11.9. The summed E-state index contributed by atoms with van der Waals surface area (Å²) in [5.74, 6) is -0.695. The number of amides is 2. The van der Waals surface area contributed by atoms with Crippen LogP contribution in [-0.4, -0.2) is 42.2 Å². The molecule has 1 aromatic rings. The Bertz CT molecular complexity index is 608. The topological polar surface area (TPSA) is 74.1 Å². The van der Waals surface area contributed by atoms with Crippen LogP contribution in [0.5, 0.6) is 0 Å². The van der Waals surface area contributed by atoms with Gasteiger partial charge >= 0.3 is 5.91 Å². The van der Waals surface area contributed by atoms with Crippen LogP contribution in [0, 0.1) is 6.92 Å². The molecule has 6 heteroatoms. The number of hydrogen-bond donors (Lipinski definition) is 3. The number of quaternary nitrogens is 1. The van der Waals surface area contributed by atoms with Crippen molar-refractivity contribution in [3.05, 3.63) is 29.8 Å². The van der Waals surface area contributed by atoms with Gasteiger partial charge in [0.15, 0.2) is 6.54 Å². The standard InChI is InChI=1S/C19H29N3O3/c1-4-19(25,5-2)18(24)20-22(16-11-7-6-10-15(16)3)17(23)14-21-12-8-9-13-21/h6-7,10-11,25H,4-5,8-9,12-14H2,1-3H3,(H,20,24)/p+1. The van der Waals surface area contributed by atoms with E-state index in [1.807, 2.05) is 31.2 Å². The highest BCUT2D eigenvalue weighted by atomic mass is 16.3. The third-order valence-electron chi connectivity index (χ3n) is 5.12. The van der Waals surface area contributed by atoms with Crippen molar-refractivity contribution in [1.82, 2.24) is 5.43 Å². The highest BCUT2D eigenvalue weighted by Crippen LogP contribution is 2.20. The molecule has 1 fully saturated rings. The largest absolute Gasteiger partial charge is 0.380 e. The molecule has 0 bridgehead atoms. The predicted molar refractivity (Wildman–Crippen MR) is 97.1 cm³/mol. The zero-order chi connectivity index (χ0) is 18.4. The van der Waals surface area contributed by atoms with Gasteiger partial charge in [0.2, 0.25) is 0 Å². The highest BCUT2D eigenvalue weighted by Gasteiger charge is 2.35. The van der Waals surface area contributed by atoms with E-state index in [-0.39, 0.29) is 5.91 Å². The molecule has 0 saturated carbocycles. The Hall–Kier alpha value is -1.92. The van der Waals surface area contributed by atoms with E-state index in [9.17, 15) is 14.7 Å². The summed E-state index contributed by atoms with van der Waals surface area (Å²) in [6.45, 7) is 7.72. The third kappa shape index (κ3) is 4.58. The lowest BCUT2D eigenvalue weighted by Gasteiger charge is -2.30. The van der Waals surface area contributed by atoms with Crippen LogP contribution in [0.15, 0.2) is 24.3 Å². The lowest BCUT2D eigenvalue weighted by Crippen LogP contribution is -3.11. The Kier molecular flexibility index (Phi) is 6.56. The summed E-state index contributed by atoms with van der Waals surface area (Å²) < 4.78 is 0. The van der Waals surface area contributed by atoms with Gasteiger partial charge in [-0.25, -0.2) is 5.01 Å². The maximum Gasteiger partial charge on any atom is 0.300 e. The monoisotopic (exact) mass is 348 g/mol. The van der Waals surface area contributed by atoms with Crippen molar-refractivity contribution in [2.45, 2.75) is 52.1 Å². The van der Waals surface area contributed by atoms with Gasteiger partial charge in [0.25, 0.3) is 5.91 Å². The molecule has 1 saturated heterocycles. The molecule has 25 heavy (non-hydrogen) atoms. The van der Waals surface area contributed by atoms with Crippen molar-refractivity contribution in [2.24, 2.45) is 0 Å². The van der Waals surface area contributed by atoms with Crippen molar-refractivity contribution >= 4 is 17.5 Å². The Morgan fingerprint density at radius 3 is 2.36 bits per heavy atom. The number of aryl methyl sites for hydroxylation is 1. The lowest BCUT2D eigenvalue weighted by atomic mass is 9.97. The summed E-state index contributed by atoms with van der Waals surface area (Å²) in [5, 5.41) is 11.8. The third-order valence-corrected chi connectivity index (χ3v) is 5.12. The number of hydrogen-bond acceptors (Lipinski definition) is 3. The minimum Gasteiger partial charge on any atom is -0.380 e. The van der Waals surface area contributed by atoms with E-state index in [2.05, 4.69) is 5.43 Å². The smallest absolute Gasteiger partial charge is 0.300 e. The number of benzene rings is 1. The number of anilines is 1. The minimum atomic E-state index is -1.47. The molecule has 0 radical (unpaired) electrons. The Labute approximate surface area is 149 Å². The van der Waals surface area contributed by atoms with Crippen molar-refractivity contribution < 1.29 is 19.6 Å². The van der Waals surface area contributed by atoms with E-state index >= 15 is 0 Å². The van der Waals surface area contributed by atoms with Crippen LogP contribution in [0.1, 0.15) is 45.1 Å². The molecule has 1 aliphatic rings. The molecule has 0 aromatic heterocycles. The fourth-order valence-corrected chi connectivity index (χ4v) is 3.19. The number of nitrogens with zero attached hydrogens (tertiary/aromatic N) is 1. The number of hydrazine groups is 1. The first-order valence-electron chi connectivity index (χ1n) is 9.17. The zero-order valence-electron chi connectivity index (χ0n) is 15.5. The van der Waals surface area contributed by atoms with Crippen LogP contribution in [-0.2, 0) is 9.59 Å². The molecule has 0 aliphatic carbocycles. The number of aliphatic hydroxyl groups is 1. The molecule has 1 heterocycles. The molecular weight excluding hydrogens is 318 g/mol. The first-order valence-corrected chi connectivity index (χ1v) is 9.17. The maximum absolute atomic E-state index is 12.9. The average Bonchev–Trinajstić information content (AvgIpc) is 3.12. The van der Waals surface area contributed by atoms with Gasteiger partial charge in [-0.1, -0.05) is 32.0 Å². The first kappa shape index (κ1) is 19.4. The van der Waals surface area contributed by atoms with Crippen LogP contribution in [0.3, 0.4) is 0 Å². The molecule has 1 aromatic carbocycles. The summed E-state index contributed by atoms with van der Waals surface area (Å²) in [5.41, 5.74) is 2.74. The molecule has 2 rings (SSSR count). The molecule has 0 atom stereocenters. The van der Waals surface area contributed by atoms with Gasteiger partial charge in [0.05, 0.1) is 18.8 Å². The lowest BCUT2D eigenvalue weighted by molar-refractivity contribution is -0.878. The number of likely N-dealkylation sites (tertiary alicyclic amines) is 1. The second-order valence-corrected chi connectivity index (χ2v) is 6.83. The maximum atomic E-state index is 12.9. The van der Waals surface area contributed by atoms with Gasteiger partial charge in [0, 0.05) is 12.8 Å². The second kappa shape index (κ2) is 8.45. The van der Waals surface area contributed by atoms with E-state index in [0.717, 1.165) is 31.5 Å². The minimum absolute atomic E-state index is 0.158. The fourth-order valence-electron chi connectivity index (χ4n) is 3.19. The number of carbonyl (C=O) groups excluding carboxylic acids is 2. The van der Waals surface area contributed by atoms with Gasteiger partial charge in [-0.05, 0) is 31.4 Å². The van der Waals surface area contributed by atoms with E-state index in [1.165, 1.54) is 9.91 Å². The van der Waals surface area contributed by atoms with Crippen LogP contribution < -0.4 is 15.3 Å². The summed E-state index contributed by atoms with van der Waals surface area (Å²) in [4.78, 5) is 26.7. The van der Waals surface area contributed by atoms with Crippen LogP contribution in [0.2, 0.25) is 0 Å². The molecule has 6 nitrogen and oxygen atoms in total. The van der Waals surface area contributed by atoms with Crippen molar-refractivity contribution in [3.63, 3.8) is 0 Å². The van der Waals surface area contributed by atoms with E-state index in [0.29, 0.717) is 25.1 Å². The summed E-state index contributed by atoms with van der Waals surface area (Å²) in [7, 11) is 0. The van der Waals surface area contributed by atoms with Gasteiger partial charge < -0.3 is 10.0 Å². The SMILES string of the molecule is CCC(O)(CC)C(=O)NN(C(=O)C[NH+]1CCCC1)c1ccccc1C. The Morgan fingerprint density at radius 2 is 1.80 bits per heavy atom. The number of carbonyl (C=O) groups is 2. The van der Waals surface area contributed by atoms with Gasteiger partial charge in [0.1, 0.15) is 5.60 Å². The van der Waals surface area contributed by atoms with E-state index in [4.69, 9.17) is 0 Å². The van der Waals surface area contributed by atoms with Crippen LogP contribution in [0.25, 0.3) is 0 Å². The van der Waals surface area contributed by atoms with Crippen LogP contribution in [0.4, 0.5) is 5.69 Å². The second-order valence-electron chi connectivity index (χ2n) is 6.83. The number of para-hydroxylation sites is 1. The summed E-state index contributed by atoms with van der Waals surface area (Å²) >= 11 is 0. The van der Waals surface area contributed by atoms with Crippen molar-refractivity contribution in [3.8, 4) is 0 Å². The van der Waals surface area contributed by atoms with Crippen molar-refractivity contribution in [2.75, 3.05) is 24.6 Å². The van der Waals surface area contributed by atoms with Gasteiger partial charge in [-0.15, -0.1) is 0 Å². The van der Waals surface area contributed by atoms with Gasteiger partial charge in [-0.3, -0.25) is 15.0 Å². The number of rotatable bonds is 6. The molecule has 0 spiro atoms. The average molecular weight is 348 g/mol. The van der Waals surface area contributed by atoms with E-state index in [1.54, 1.807) is 13.8 Å². The van der Waals surface area contributed by atoms with Gasteiger partial charge in [-0.2, -0.15) is 0 Å². The Balaban J connectivity index is 2.24. The molecule has 1 aliphatic heterocycles. The highest BCUT2D eigenvalue weighted by molar-refractivity contribution is 5.99. The normalized spacial score (nSPS) is 15.2. The van der Waals surface area contributed by atoms with E-state index < -0.39 is 11.5 Å². The summed E-state index contributed by atoms with van der Waals surface area (Å²) in [6, 6.07) is 7.44. The predicted octanol–water partition coefficient (Wildman–Crippen LogP) is 0.589. The van der Waals surface area contributed by atoms with Crippen molar-refractivity contribution in [1.29, 1.82) is 0 Å². The summed E-state index contributed by atoms with van der Waals surface area (Å²) in [6.07, 6.45) is 2.85.